The second-order valence-corrected chi connectivity index (χ2v) is 6.30. The first-order valence-electron chi connectivity index (χ1n) is 7.45. The van der Waals surface area contributed by atoms with Gasteiger partial charge in [-0.15, -0.1) is 0 Å². The third kappa shape index (κ3) is 6.19. The zero-order valence-corrected chi connectivity index (χ0v) is 15.4. The lowest BCUT2D eigenvalue weighted by molar-refractivity contribution is -0.149. The van der Waals surface area contributed by atoms with Gasteiger partial charge in [0.05, 0.1) is 4.47 Å². The van der Waals surface area contributed by atoms with Gasteiger partial charge in [0, 0.05) is 5.69 Å². The van der Waals surface area contributed by atoms with Crippen molar-refractivity contribution in [1.29, 1.82) is 0 Å². The van der Waals surface area contributed by atoms with E-state index in [1.165, 1.54) is 18.2 Å². The summed E-state index contributed by atoms with van der Waals surface area (Å²) in [6.07, 6.45) is 0. The quantitative estimate of drug-likeness (QED) is 0.737. The van der Waals surface area contributed by atoms with Crippen LogP contribution in [-0.4, -0.2) is 25.1 Å². The van der Waals surface area contributed by atoms with E-state index in [1.54, 1.807) is 0 Å². The molecule has 2 aromatic rings. The highest BCUT2D eigenvalue weighted by atomic mass is 79.9. The van der Waals surface area contributed by atoms with E-state index in [9.17, 15) is 14.0 Å². The highest BCUT2D eigenvalue weighted by molar-refractivity contribution is 9.10. The average Bonchev–Trinajstić information content (AvgIpc) is 2.51. The van der Waals surface area contributed by atoms with E-state index in [1.807, 2.05) is 32.0 Å². The maximum absolute atomic E-state index is 13.0. The number of hydrogen-bond donors (Lipinski definition) is 1. The number of rotatable bonds is 6. The third-order valence-corrected chi connectivity index (χ3v) is 3.73. The molecule has 5 nitrogen and oxygen atoms in total. The lowest BCUT2D eigenvalue weighted by Gasteiger charge is -2.10. The van der Waals surface area contributed by atoms with Crippen molar-refractivity contribution in [2.24, 2.45) is 0 Å². The van der Waals surface area contributed by atoms with Crippen molar-refractivity contribution >= 4 is 33.5 Å². The fraction of sp³-hybridized carbons (Fsp3) is 0.222. The van der Waals surface area contributed by atoms with Crippen molar-refractivity contribution in [2.75, 3.05) is 18.5 Å². The zero-order chi connectivity index (χ0) is 18.4. The Hall–Kier alpha value is -2.41. The third-order valence-electron chi connectivity index (χ3n) is 3.11. The summed E-state index contributed by atoms with van der Waals surface area (Å²) in [5.41, 5.74) is 2.68. The number of benzene rings is 2. The fourth-order valence-corrected chi connectivity index (χ4v) is 2.63. The van der Waals surface area contributed by atoms with Crippen molar-refractivity contribution in [3.8, 4) is 5.75 Å². The lowest BCUT2D eigenvalue weighted by Crippen LogP contribution is -2.23. The van der Waals surface area contributed by atoms with Gasteiger partial charge in [-0.3, -0.25) is 4.79 Å². The molecule has 0 heterocycles. The van der Waals surface area contributed by atoms with E-state index in [0.717, 1.165) is 11.1 Å². The topological polar surface area (TPSA) is 64.6 Å². The van der Waals surface area contributed by atoms with E-state index < -0.39 is 24.3 Å². The van der Waals surface area contributed by atoms with Crippen LogP contribution in [0.4, 0.5) is 10.1 Å². The van der Waals surface area contributed by atoms with Gasteiger partial charge in [-0.1, -0.05) is 6.07 Å². The number of hydrogen-bond acceptors (Lipinski definition) is 4. The van der Waals surface area contributed by atoms with Gasteiger partial charge in [-0.25, -0.2) is 9.18 Å². The molecular formula is C18H17BrFNO4. The normalized spacial score (nSPS) is 10.2. The first-order valence-corrected chi connectivity index (χ1v) is 8.24. The van der Waals surface area contributed by atoms with Crippen LogP contribution in [0, 0.1) is 19.7 Å². The second kappa shape index (κ2) is 8.62. The van der Waals surface area contributed by atoms with Gasteiger partial charge in [0.25, 0.3) is 5.91 Å². The molecule has 132 valence electrons. The number of aryl methyl sites for hydroxylation is 2. The summed E-state index contributed by atoms with van der Waals surface area (Å²) in [5, 5.41) is 2.66. The van der Waals surface area contributed by atoms with E-state index in [-0.39, 0.29) is 6.61 Å². The molecule has 0 radical (unpaired) electrons. The van der Waals surface area contributed by atoms with E-state index in [2.05, 4.69) is 21.2 Å². The van der Waals surface area contributed by atoms with Crippen LogP contribution in [0.2, 0.25) is 0 Å². The number of ether oxygens (including phenoxy) is 2. The number of carbonyl (C=O) groups is 2. The van der Waals surface area contributed by atoms with Crippen molar-refractivity contribution in [2.45, 2.75) is 13.8 Å². The molecule has 2 aromatic carbocycles. The Morgan fingerprint density at radius 1 is 1.08 bits per heavy atom. The summed E-state index contributed by atoms with van der Waals surface area (Å²) in [6.45, 7) is 3.04. The maximum Gasteiger partial charge on any atom is 0.344 e. The summed E-state index contributed by atoms with van der Waals surface area (Å²) in [5.74, 6) is -1.27. The first-order chi connectivity index (χ1) is 11.8. The molecule has 0 spiro atoms. The summed E-state index contributed by atoms with van der Waals surface area (Å²) in [7, 11) is 0. The Balaban J connectivity index is 1.78. The Morgan fingerprint density at radius 2 is 1.76 bits per heavy atom. The number of esters is 1. The average molecular weight is 410 g/mol. The summed E-state index contributed by atoms with van der Waals surface area (Å²) < 4.78 is 23.4. The van der Waals surface area contributed by atoms with E-state index >= 15 is 0 Å². The molecule has 0 bridgehead atoms. The van der Waals surface area contributed by atoms with Crippen LogP contribution < -0.4 is 10.1 Å². The fourth-order valence-electron chi connectivity index (χ4n) is 2.16. The van der Waals surface area contributed by atoms with E-state index in [4.69, 9.17) is 9.47 Å². The molecule has 0 unspecified atom stereocenters. The maximum atomic E-state index is 13.0. The second-order valence-electron chi connectivity index (χ2n) is 5.45. The molecule has 0 aliphatic rings. The predicted octanol–water partition coefficient (Wildman–Crippen LogP) is 3.77. The minimum absolute atomic E-state index is 0.304. The molecule has 7 heteroatoms. The monoisotopic (exact) mass is 409 g/mol. The molecule has 1 amide bonds. The molecule has 0 saturated carbocycles. The Kier molecular flexibility index (Phi) is 6.52. The summed E-state index contributed by atoms with van der Waals surface area (Å²) >= 11 is 3.13. The van der Waals surface area contributed by atoms with Gasteiger partial charge < -0.3 is 14.8 Å². The minimum atomic E-state index is -0.702. The molecule has 25 heavy (non-hydrogen) atoms. The Bertz CT molecular complexity index is 774. The molecule has 1 N–H and O–H groups in total. The number of nitrogens with one attached hydrogen (secondary N) is 1. The molecule has 2 rings (SSSR count). The Morgan fingerprint density at radius 3 is 2.40 bits per heavy atom. The standard InChI is InChI=1S/C18H17BrFNO4/c1-11-5-12(2)7-14(6-11)21-17(22)9-25-18(23)10-24-16-4-3-13(20)8-15(16)19/h3-8H,9-10H2,1-2H3,(H,21,22). The summed E-state index contributed by atoms with van der Waals surface area (Å²) in [6, 6.07) is 9.45. The van der Waals surface area contributed by atoms with Crippen molar-refractivity contribution in [1.82, 2.24) is 0 Å². The highest BCUT2D eigenvalue weighted by Crippen LogP contribution is 2.25. The molecule has 0 fully saturated rings. The van der Waals surface area contributed by atoms with Gasteiger partial charge in [-0.2, -0.15) is 0 Å². The number of amides is 1. The summed E-state index contributed by atoms with van der Waals surface area (Å²) in [4.78, 5) is 23.5. The van der Waals surface area contributed by atoms with Crippen molar-refractivity contribution in [3.63, 3.8) is 0 Å². The van der Waals surface area contributed by atoms with Gasteiger partial charge in [0.1, 0.15) is 11.6 Å². The van der Waals surface area contributed by atoms with Crippen molar-refractivity contribution < 1.29 is 23.5 Å². The number of halogens is 2. The van der Waals surface area contributed by atoms with Gasteiger partial charge >= 0.3 is 5.97 Å². The van der Waals surface area contributed by atoms with Crippen LogP contribution in [0.5, 0.6) is 5.75 Å². The predicted molar refractivity (Wildman–Crippen MR) is 95.1 cm³/mol. The number of carbonyl (C=O) groups excluding carboxylic acids is 2. The van der Waals surface area contributed by atoms with Crippen LogP contribution in [0.3, 0.4) is 0 Å². The van der Waals surface area contributed by atoms with Crippen LogP contribution in [0.25, 0.3) is 0 Å². The SMILES string of the molecule is Cc1cc(C)cc(NC(=O)COC(=O)COc2ccc(F)cc2Br)c1. The van der Waals surface area contributed by atoms with Crippen LogP contribution >= 0.6 is 15.9 Å². The minimum Gasteiger partial charge on any atom is -0.481 e. The highest BCUT2D eigenvalue weighted by Gasteiger charge is 2.11. The molecule has 0 atom stereocenters. The molecule has 0 aliphatic carbocycles. The molecule has 0 aromatic heterocycles. The van der Waals surface area contributed by atoms with E-state index in [0.29, 0.717) is 15.9 Å². The largest absolute Gasteiger partial charge is 0.481 e. The van der Waals surface area contributed by atoms with Crippen LogP contribution in [0.15, 0.2) is 40.9 Å². The van der Waals surface area contributed by atoms with Crippen LogP contribution in [0.1, 0.15) is 11.1 Å². The zero-order valence-electron chi connectivity index (χ0n) is 13.8. The van der Waals surface area contributed by atoms with Crippen molar-refractivity contribution in [3.05, 3.63) is 57.8 Å². The Labute approximate surface area is 153 Å². The lowest BCUT2D eigenvalue weighted by atomic mass is 10.1. The number of anilines is 1. The van der Waals surface area contributed by atoms with Gasteiger partial charge in [0.2, 0.25) is 0 Å². The molecule has 0 saturated heterocycles. The van der Waals surface area contributed by atoms with Gasteiger partial charge in [0.15, 0.2) is 13.2 Å². The van der Waals surface area contributed by atoms with Crippen LogP contribution in [-0.2, 0) is 14.3 Å². The smallest absolute Gasteiger partial charge is 0.344 e. The molecular weight excluding hydrogens is 393 g/mol. The molecule has 0 aliphatic heterocycles. The van der Waals surface area contributed by atoms with Gasteiger partial charge in [-0.05, 0) is 71.2 Å². The first kappa shape index (κ1) is 18.9.